The standard InChI is InChI=1S/C15H22N2O/c16-10-14(8-11-1-2-12(14)7-11)15(18)4-6-17-5-3-13(15)9-17/h11-13,18H,1-9H2. The molecule has 0 spiro atoms. The molecule has 18 heavy (non-hydrogen) atoms. The van der Waals surface area contributed by atoms with E-state index in [1.165, 1.54) is 19.3 Å². The summed E-state index contributed by atoms with van der Waals surface area (Å²) in [5.74, 6) is 1.55. The van der Waals surface area contributed by atoms with Gasteiger partial charge in [-0.05, 0) is 50.5 Å². The van der Waals surface area contributed by atoms with E-state index >= 15 is 0 Å². The van der Waals surface area contributed by atoms with Gasteiger partial charge in [-0.2, -0.15) is 5.26 Å². The highest BCUT2D eigenvalue weighted by molar-refractivity contribution is 5.23. The largest absolute Gasteiger partial charge is 0.388 e. The Morgan fingerprint density at radius 1 is 1.17 bits per heavy atom. The number of rotatable bonds is 1. The molecule has 4 rings (SSSR count). The molecule has 4 bridgehead atoms. The van der Waals surface area contributed by atoms with Gasteiger partial charge in [0.25, 0.3) is 0 Å². The minimum Gasteiger partial charge on any atom is -0.388 e. The van der Waals surface area contributed by atoms with Crippen molar-refractivity contribution in [3.05, 3.63) is 0 Å². The molecular formula is C15H22N2O. The summed E-state index contributed by atoms with van der Waals surface area (Å²) >= 11 is 0. The fourth-order valence-electron chi connectivity index (χ4n) is 5.64. The Hall–Kier alpha value is -0.590. The van der Waals surface area contributed by atoms with Gasteiger partial charge in [0.1, 0.15) is 0 Å². The van der Waals surface area contributed by atoms with Gasteiger partial charge in [0.05, 0.1) is 17.1 Å². The third-order valence-electron chi connectivity index (χ3n) is 6.58. The molecule has 3 heteroatoms. The Morgan fingerprint density at radius 3 is 2.72 bits per heavy atom. The van der Waals surface area contributed by atoms with Crippen LogP contribution in [-0.4, -0.2) is 35.2 Å². The number of aliphatic hydroxyl groups is 1. The minimum atomic E-state index is -0.686. The average Bonchev–Trinajstić information content (AvgIpc) is 3.09. The van der Waals surface area contributed by atoms with Gasteiger partial charge in [0.15, 0.2) is 0 Å². The molecule has 4 aliphatic rings. The highest BCUT2D eigenvalue weighted by Crippen LogP contribution is 2.63. The summed E-state index contributed by atoms with van der Waals surface area (Å²) in [7, 11) is 0. The molecule has 0 aromatic carbocycles. The maximum Gasteiger partial charge on any atom is 0.0894 e. The first kappa shape index (κ1) is 11.3. The highest BCUT2D eigenvalue weighted by Gasteiger charge is 2.65. The van der Waals surface area contributed by atoms with Crippen LogP contribution in [0.4, 0.5) is 0 Å². The Kier molecular flexibility index (Phi) is 2.18. The third kappa shape index (κ3) is 1.16. The van der Waals surface area contributed by atoms with Gasteiger partial charge in [-0.15, -0.1) is 0 Å². The van der Waals surface area contributed by atoms with E-state index in [2.05, 4.69) is 11.0 Å². The van der Waals surface area contributed by atoms with Crippen molar-refractivity contribution in [1.82, 2.24) is 4.90 Å². The van der Waals surface area contributed by atoms with Gasteiger partial charge in [-0.1, -0.05) is 6.42 Å². The second-order valence-corrected chi connectivity index (χ2v) is 7.12. The van der Waals surface area contributed by atoms with Gasteiger partial charge >= 0.3 is 0 Å². The zero-order valence-electron chi connectivity index (χ0n) is 10.9. The fraction of sp³-hybridized carbons (Fsp3) is 0.933. The lowest BCUT2D eigenvalue weighted by Gasteiger charge is -2.51. The molecule has 3 nitrogen and oxygen atoms in total. The van der Waals surface area contributed by atoms with Gasteiger partial charge in [0.2, 0.25) is 0 Å². The maximum atomic E-state index is 11.4. The van der Waals surface area contributed by atoms with Crippen molar-refractivity contribution < 1.29 is 5.11 Å². The first-order valence-electron chi connectivity index (χ1n) is 7.54. The van der Waals surface area contributed by atoms with Gasteiger partial charge in [-0.3, -0.25) is 0 Å². The van der Waals surface area contributed by atoms with Crippen LogP contribution in [0.15, 0.2) is 0 Å². The molecule has 0 aromatic rings. The fourth-order valence-corrected chi connectivity index (χ4v) is 5.64. The normalized spacial score (nSPS) is 57.8. The number of nitrogens with zero attached hydrogens (tertiary/aromatic N) is 2. The van der Waals surface area contributed by atoms with E-state index in [0.29, 0.717) is 11.8 Å². The molecule has 0 amide bonds. The lowest BCUT2D eigenvalue weighted by molar-refractivity contribution is -0.139. The molecular weight excluding hydrogens is 224 g/mol. The Bertz CT molecular complexity index is 417. The molecule has 2 aliphatic carbocycles. The predicted molar refractivity (Wildman–Crippen MR) is 67.6 cm³/mol. The lowest BCUT2D eigenvalue weighted by atomic mass is 9.57. The Labute approximate surface area is 109 Å². The molecule has 4 fully saturated rings. The van der Waals surface area contributed by atoms with Crippen molar-refractivity contribution in [3.8, 4) is 6.07 Å². The van der Waals surface area contributed by atoms with Crippen LogP contribution < -0.4 is 0 Å². The molecule has 98 valence electrons. The van der Waals surface area contributed by atoms with E-state index in [1.54, 1.807) is 0 Å². The van der Waals surface area contributed by atoms with Gasteiger partial charge in [-0.25, -0.2) is 0 Å². The molecule has 2 aliphatic heterocycles. The first-order valence-corrected chi connectivity index (χ1v) is 7.54. The summed E-state index contributed by atoms with van der Waals surface area (Å²) in [5.41, 5.74) is -1.09. The molecule has 0 radical (unpaired) electrons. The van der Waals surface area contributed by atoms with Crippen molar-refractivity contribution in [2.75, 3.05) is 19.6 Å². The van der Waals surface area contributed by atoms with Crippen molar-refractivity contribution in [1.29, 1.82) is 5.26 Å². The SMILES string of the molecule is N#CC1(C2(O)CCN3CCC2C3)CC2CCC1C2. The summed E-state index contributed by atoms with van der Waals surface area (Å²) in [5, 5.41) is 21.2. The smallest absolute Gasteiger partial charge is 0.0894 e. The van der Waals surface area contributed by atoms with Gasteiger partial charge < -0.3 is 10.0 Å². The average molecular weight is 246 g/mol. The van der Waals surface area contributed by atoms with Crippen molar-refractivity contribution in [3.63, 3.8) is 0 Å². The molecule has 0 aromatic heterocycles. The Morgan fingerprint density at radius 2 is 2.06 bits per heavy atom. The van der Waals surface area contributed by atoms with Crippen LogP contribution in [-0.2, 0) is 0 Å². The number of hydrogen-bond acceptors (Lipinski definition) is 3. The zero-order chi connectivity index (χ0) is 12.4. The van der Waals surface area contributed by atoms with E-state index in [4.69, 9.17) is 0 Å². The van der Waals surface area contributed by atoms with Crippen molar-refractivity contribution in [2.45, 2.75) is 44.1 Å². The maximum absolute atomic E-state index is 11.4. The van der Waals surface area contributed by atoms with E-state index in [1.807, 2.05) is 0 Å². The molecule has 2 heterocycles. The van der Waals surface area contributed by atoms with Gasteiger partial charge in [0, 0.05) is 19.0 Å². The van der Waals surface area contributed by atoms with Crippen LogP contribution in [0, 0.1) is 34.5 Å². The van der Waals surface area contributed by atoms with Crippen LogP contribution in [0.1, 0.15) is 38.5 Å². The van der Waals surface area contributed by atoms with E-state index in [-0.39, 0.29) is 0 Å². The topological polar surface area (TPSA) is 47.3 Å². The first-order chi connectivity index (χ1) is 8.68. The summed E-state index contributed by atoms with van der Waals surface area (Å²) in [4.78, 5) is 2.46. The summed E-state index contributed by atoms with van der Waals surface area (Å²) < 4.78 is 0. The highest BCUT2D eigenvalue weighted by atomic mass is 16.3. The number of fused-ring (bicyclic) bond motifs is 4. The van der Waals surface area contributed by atoms with E-state index in [9.17, 15) is 10.4 Å². The number of piperidine rings is 1. The molecule has 2 saturated heterocycles. The second-order valence-electron chi connectivity index (χ2n) is 7.12. The summed E-state index contributed by atoms with van der Waals surface area (Å²) in [6.45, 7) is 3.15. The monoisotopic (exact) mass is 246 g/mol. The quantitative estimate of drug-likeness (QED) is 0.767. The minimum absolute atomic E-state index is 0.352. The molecule has 6 unspecified atom stereocenters. The van der Waals surface area contributed by atoms with Crippen molar-refractivity contribution >= 4 is 0 Å². The number of hydrogen-bond donors (Lipinski definition) is 1. The lowest BCUT2D eigenvalue weighted by Crippen LogP contribution is -2.59. The molecule has 2 saturated carbocycles. The zero-order valence-corrected chi connectivity index (χ0v) is 10.9. The van der Waals surface area contributed by atoms with E-state index < -0.39 is 11.0 Å². The summed E-state index contributed by atoms with van der Waals surface area (Å²) in [6, 6.07) is 2.63. The second kappa shape index (κ2) is 3.49. The summed E-state index contributed by atoms with van der Waals surface area (Å²) in [6.07, 6.45) is 6.57. The number of nitriles is 1. The Balaban J connectivity index is 1.74. The van der Waals surface area contributed by atoms with E-state index in [0.717, 1.165) is 44.8 Å². The van der Waals surface area contributed by atoms with Crippen LogP contribution in [0.3, 0.4) is 0 Å². The predicted octanol–water partition coefficient (Wildman–Crippen LogP) is 1.77. The van der Waals surface area contributed by atoms with Crippen LogP contribution >= 0.6 is 0 Å². The van der Waals surface area contributed by atoms with Crippen LogP contribution in [0.5, 0.6) is 0 Å². The van der Waals surface area contributed by atoms with Crippen LogP contribution in [0.25, 0.3) is 0 Å². The third-order valence-corrected chi connectivity index (χ3v) is 6.58. The van der Waals surface area contributed by atoms with Crippen LogP contribution in [0.2, 0.25) is 0 Å². The molecule has 6 atom stereocenters. The van der Waals surface area contributed by atoms with Crippen molar-refractivity contribution in [2.24, 2.45) is 23.2 Å². The molecule has 1 N–H and O–H groups in total.